The van der Waals surface area contributed by atoms with Gasteiger partial charge in [0.1, 0.15) is 0 Å². The van der Waals surface area contributed by atoms with Crippen LogP contribution in [0.5, 0.6) is 0 Å². The Morgan fingerprint density at radius 3 is 2.67 bits per heavy atom. The lowest BCUT2D eigenvalue weighted by Gasteiger charge is -2.28. The van der Waals surface area contributed by atoms with Crippen molar-refractivity contribution in [1.82, 2.24) is 20.1 Å². The van der Waals surface area contributed by atoms with E-state index < -0.39 is 0 Å². The summed E-state index contributed by atoms with van der Waals surface area (Å²) < 4.78 is 3.04. The molecule has 2 aromatic heterocycles. The zero-order chi connectivity index (χ0) is 20.7. The maximum absolute atomic E-state index is 12.9. The van der Waals surface area contributed by atoms with Gasteiger partial charge in [-0.3, -0.25) is 14.5 Å². The van der Waals surface area contributed by atoms with Crippen LogP contribution in [0.1, 0.15) is 54.9 Å². The van der Waals surface area contributed by atoms with E-state index in [9.17, 15) is 4.79 Å². The highest BCUT2D eigenvalue weighted by Gasteiger charge is 2.32. The van der Waals surface area contributed by atoms with Crippen molar-refractivity contribution >= 4 is 44.0 Å². The van der Waals surface area contributed by atoms with Gasteiger partial charge in [-0.1, -0.05) is 15.9 Å². The Bertz CT molecular complexity index is 1080. The topological polar surface area (TPSA) is 71.8 Å². The number of rotatable bonds is 6. The van der Waals surface area contributed by atoms with Crippen LogP contribution in [0.2, 0.25) is 0 Å². The number of hydrogen-bond acceptors (Lipinski definition) is 5. The molecule has 156 valence electrons. The van der Waals surface area contributed by atoms with E-state index in [1.165, 1.54) is 12.8 Å². The van der Waals surface area contributed by atoms with E-state index in [1.54, 1.807) is 6.20 Å². The van der Waals surface area contributed by atoms with Crippen LogP contribution in [0.25, 0.3) is 10.9 Å². The first-order chi connectivity index (χ1) is 14.6. The first kappa shape index (κ1) is 19.7. The average Bonchev–Trinajstić information content (AvgIpc) is 3.52. The van der Waals surface area contributed by atoms with Crippen LogP contribution in [0.3, 0.4) is 0 Å². The molecule has 0 aliphatic heterocycles. The Balaban J connectivity index is 1.46. The molecular formula is C23H26BrN5O. The van der Waals surface area contributed by atoms with Gasteiger partial charge < -0.3 is 10.6 Å². The number of aromatic nitrogens is 3. The maximum atomic E-state index is 12.9. The minimum absolute atomic E-state index is 0.141. The minimum Gasteiger partial charge on any atom is -0.352 e. The van der Waals surface area contributed by atoms with Crippen molar-refractivity contribution in [3.63, 3.8) is 0 Å². The van der Waals surface area contributed by atoms with Gasteiger partial charge in [-0.15, -0.1) is 0 Å². The number of halogens is 1. The van der Waals surface area contributed by atoms with Crippen molar-refractivity contribution < 1.29 is 4.79 Å². The highest BCUT2D eigenvalue weighted by Crippen LogP contribution is 2.38. The van der Waals surface area contributed by atoms with E-state index in [1.807, 2.05) is 31.4 Å². The van der Waals surface area contributed by atoms with E-state index in [-0.39, 0.29) is 11.7 Å². The molecule has 2 aliphatic carbocycles. The highest BCUT2D eigenvalue weighted by atomic mass is 79.9. The number of carbonyl (C=O) groups is 1. The SMILES string of the molecule is CN[C@H]1CC[C@H](n2cc(Nc3c(C(=O)C4CC4)cnc4ccc(Br)cc34)cn2)CC1. The summed E-state index contributed by atoms with van der Waals surface area (Å²) in [7, 11) is 2.04. The molecule has 2 aliphatic rings. The van der Waals surface area contributed by atoms with E-state index in [0.29, 0.717) is 17.6 Å². The van der Waals surface area contributed by atoms with Gasteiger partial charge in [-0.25, -0.2) is 0 Å². The van der Waals surface area contributed by atoms with Crippen LogP contribution in [0, 0.1) is 5.92 Å². The summed E-state index contributed by atoms with van der Waals surface area (Å²) in [5.74, 6) is 0.326. The standard InChI is InChI=1S/C23H26BrN5O/c1-25-16-5-7-18(8-6-16)29-13-17(11-27-29)28-22-19-10-15(24)4-9-21(19)26-12-20(22)23(30)14-2-3-14/h4,9-14,16,18,25H,2-3,5-8H2,1H3,(H,26,28)/t16-,18-. The molecule has 0 atom stereocenters. The molecule has 0 amide bonds. The van der Waals surface area contributed by atoms with Crippen molar-refractivity contribution in [2.24, 2.45) is 5.92 Å². The lowest BCUT2D eigenvalue weighted by Crippen LogP contribution is -2.31. The Morgan fingerprint density at radius 1 is 1.13 bits per heavy atom. The fourth-order valence-electron chi connectivity index (χ4n) is 4.43. The lowest BCUT2D eigenvalue weighted by molar-refractivity contribution is 0.0968. The van der Waals surface area contributed by atoms with E-state index in [4.69, 9.17) is 0 Å². The van der Waals surface area contributed by atoms with Crippen molar-refractivity contribution in [2.45, 2.75) is 50.6 Å². The molecule has 2 fully saturated rings. The summed E-state index contributed by atoms with van der Waals surface area (Å²) in [6.07, 6.45) is 12.2. The molecule has 30 heavy (non-hydrogen) atoms. The van der Waals surface area contributed by atoms with Gasteiger partial charge in [-0.05, 0) is 63.8 Å². The summed E-state index contributed by atoms with van der Waals surface area (Å²) >= 11 is 3.56. The van der Waals surface area contributed by atoms with Gasteiger partial charge in [0.05, 0.1) is 34.7 Å². The molecule has 2 N–H and O–H groups in total. The second-order valence-corrected chi connectivity index (χ2v) is 9.39. The van der Waals surface area contributed by atoms with Crippen molar-refractivity contribution in [1.29, 1.82) is 0 Å². The van der Waals surface area contributed by atoms with Crippen LogP contribution in [-0.2, 0) is 0 Å². The Labute approximate surface area is 184 Å². The molecule has 0 bridgehead atoms. The number of anilines is 2. The number of benzene rings is 1. The fourth-order valence-corrected chi connectivity index (χ4v) is 4.79. The van der Waals surface area contributed by atoms with Crippen molar-refractivity contribution in [3.8, 4) is 0 Å². The van der Waals surface area contributed by atoms with Crippen LogP contribution in [0.15, 0.2) is 41.3 Å². The van der Waals surface area contributed by atoms with Gasteiger partial charge in [0.25, 0.3) is 0 Å². The van der Waals surface area contributed by atoms with Crippen LogP contribution in [0.4, 0.5) is 11.4 Å². The zero-order valence-corrected chi connectivity index (χ0v) is 18.7. The number of pyridine rings is 1. The molecule has 0 radical (unpaired) electrons. The number of nitrogens with one attached hydrogen (secondary N) is 2. The first-order valence-corrected chi connectivity index (χ1v) is 11.5. The lowest BCUT2D eigenvalue weighted by atomic mass is 9.91. The Morgan fingerprint density at radius 2 is 1.93 bits per heavy atom. The van der Waals surface area contributed by atoms with Gasteiger partial charge in [-0.2, -0.15) is 5.10 Å². The summed E-state index contributed by atoms with van der Waals surface area (Å²) in [6, 6.07) is 7.02. The molecule has 7 heteroatoms. The van der Waals surface area contributed by atoms with Gasteiger partial charge >= 0.3 is 0 Å². The number of hydrogen-bond donors (Lipinski definition) is 2. The third-order valence-corrected chi connectivity index (χ3v) is 6.89. The summed E-state index contributed by atoms with van der Waals surface area (Å²) in [5.41, 5.74) is 3.27. The maximum Gasteiger partial charge on any atom is 0.169 e. The predicted molar refractivity (Wildman–Crippen MR) is 122 cm³/mol. The predicted octanol–water partition coefficient (Wildman–Crippen LogP) is 5.23. The molecule has 0 spiro atoms. The second kappa shape index (κ2) is 8.12. The number of nitrogens with zero attached hydrogens (tertiary/aromatic N) is 3. The first-order valence-electron chi connectivity index (χ1n) is 10.7. The molecule has 5 rings (SSSR count). The van der Waals surface area contributed by atoms with Crippen LogP contribution < -0.4 is 10.6 Å². The highest BCUT2D eigenvalue weighted by molar-refractivity contribution is 9.10. The number of carbonyl (C=O) groups excluding carboxylic acids is 1. The molecular weight excluding hydrogens is 442 g/mol. The summed E-state index contributed by atoms with van der Waals surface area (Å²) in [4.78, 5) is 17.5. The number of ketones is 1. The summed E-state index contributed by atoms with van der Waals surface area (Å²) in [5, 5.41) is 12.5. The van der Waals surface area contributed by atoms with Crippen molar-refractivity contribution in [3.05, 3.63) is 46.8 Å². The molecule has 1 aromatic carbocycles. The zero-order valence-electron chi connectivity index (χ0n) is 17.1. The second-order valence-electron chi connectivity index (χ2n) is 8.48. The number of Topliss-reactive ketones (excluding diaryl/α,β-unsaturated/α-hetero) is 1. The molecule has 0 saturated heterocycles. The fraction of sp³-hybridized carbons (Fsp3) is 0.435. The van der Waals surface area contributed by atoms with Gasteiger partial charge in [0.15, 0.2) is 5.78 Å². The molecule has 2 saturated carbocycles. The average molecular weight is 468 g/mol. The third-order valence-electron chi connectivity index (χ3n) is 6.39. The van der Waals surface area contributed by atoms with E-state index >= 15 is 0 Å². The molecule has 3 aromatic rings. The largest absolute Gasteiger partial charge is 0.352 e. The normalized spacial score (nSPS) is 21.7. The Kier molecular flexibility index (Phi) is 5.33. The number of fused-ring (bicyclic) bond motifs is 1. The van der Waals surface area contributed by atoms with Crippen LogP contribution >= 0.6 is 15.9 Å². The quantitative estimate of drug-likeness (QED) is 0.485. The molecule has 6 nitrogen and oxygen atoms in total. The third kappa shape index (κ3) is 3.88. The van der Waals surface area contributed by atoms with Gasteiger partial charge in [0, 0.05) is 34.2 Å². The van der Waals surface area contributed by atoms with Crippen LogP contribution in [-0.4, -0.2) is 33.6 Å². The molecule has 2 heterocycles. The van der Waals surface area contributed by atoms with E-state index in [0.717, 1.165) is 52.4 Å². The Hall–Kier alpha value is -2.25. The minimum atomic E-state index is 0.141. The van der Waals surface area contributed by atoms with Gasteiger partial charge in [0.2, 0.25) is 0 Å². The van der Waals surface area contributed by atoms with Crippen molar-refractivity contribution in [2.75, 3.05) is 12.4 Å². The smallest absolute Gasteiger partial charge is 0.169 e. The summed E-state index contributed by atoms with van der Waals surface area (Å²) in [6.45, 7) is 0. The van der Waals surface area contributed by atoms with E-state index in [2.05, 4.69) is 47.5 Å². The molecule has 0 unspecified atom stereocenters. The monoisotopic (exact) mass is 467 g/mol.